The van der Waals surface area contributed by atoms with Gasteiger partial charge in [-0.3, -0.25) is 5.10 Å². The van der Waals surface area contributed by atoms with Gasteiger partial charge < -0.3 is 5.73 Å². The summed E-state index contributed by atoms with van der Waals surface area (Å²) < 4.78 is 0. The van der Waals surface area contributed by atoms with Gasteiger partial charge in [-0.1, -0.05) is 0 Å². The number of thiophene rings is 1. The molecule has 0 bridgehead atoms. The normalized spacial score (nSPS) is 10.8. The van der Waals surface area contributed by atoms with Gasteiger partial charge in [0, 0.05) is 4.88 Å². The minimum absolute atomic E-state index is 0.696. The number of rotatable bonds is 1. The lowest BCUT2D eigenvalue weighted by Gasteiger charge is -1.95. The van der Waals surface area contributed by atoms with Crippen LogP contribution in [0.15, 0.2) is 0 Å². The number of nitrogens with two attached hydrogens (primary N) is 1. The standard InChI is InChI=1S/C9H12N4S/c1-4-5(2)14-8(10)7(4)9-11-6(3)12-13-9/h10H2,1-3H3,(H,11,12,13). The predicted octanol–water partition coefficient (Wildman–Crippen LogP) is 2.04. The molecule has 74 valence electrons. The summed E-state index contributed by atoms with van der Waals surface area (Å²) >= 11 is 1.58. The maximum absolute atomic E-state index is 5.91. The van der Waals surface area contributed by atoms with Crippen LogP contribution in [0.4, 0.5) is 5.00 Å². The quantitative estimate of drug-likeness (QED) is 0.753. The molecule has 2 rings (SSSR count). The van der Waals surface area contributed by atoms with E-state index in [0.717, 1.165) is 16.4 Å². The average Bonchev–Trinajstić information content (AvgIpc) is 2.60. The number of anilines is 1. The van der Waals surface area contributed by atoms with E-state index < -0.39 is 0 Å². The van der Waals surface area contributed by atoms with Crippen molar-refractivity contribution in [2.75, 3.05) is 5.73 Å². The van der Waals surface area contributed by atoms with Gasteiger partial charge in [0.05, 0.1) is 10.6 Å². The monoisotopic (exact) mass is 208 g/mol. The molecule has 2 aromatic heterocycles. The van der Waals surface area contributed by atoms with Crippen LogP contribution in [0.2, 0.25) is 0 Å². The van der Waals surface area contributed by atoms with E-state index >= 15 is 0 Å². The van der Waals surface area contributed by atoms with Crippen LogP contribution in [-0.2, 0) is 0 Å². The van der Waals surface area contributed by atoms with Crippen LogP contribution in [0.5, 0.6) is 0 Å². The van der Waals surface area contributed by atoms with Crippen molar-refractivity contribution in [1.29, 1.82) is 0 Å². The molecule has 0 saturated carbocycles. The topological polar surface area (TPSA) is 67.6 Å². The molecule has 0 fully saturated rings. The number of aromatic amines is 1. The Kier molecular flexibility index (Phi) is 2.03. The highest BCUT2D eigenvalue weighted by atomic mass is 32.1. The number of nitrogen functional groups attached to an aromatic ring is 1. The van der Waals surface area contributed by atoms with Crippen molar-refractivity contribution in [3.8, 4) is 11.4 Å². The first-order chi connectivity index (χ1) is 6.59. The van der Waals surface area contributed by atoms with Crippen molar-refractivity contribution >= 4 is 16.3 Å². The Labute approximate surface area is 86.2 Å². The lowest BCUT2D eigenvalue weighted by atomic mass is 10.1. The molecule has 0 aliphatic rings. The molecule has 0 atom stereocenters. The molecule has 14 heavy (non-hydrogen) atoms. The Hall–Kier alpha value is -1.36. The van der Waals surface area contributed by atoms with E-state index in [2.05, 4.69) is 22.1 Å². The largest absolute Gasteiger partial charge is 0.390 e. The van der Waals surface area contributed by atoms with Gasteiger partial charge in [0.15, 0.2) is 5.82 Å². The third-order valence-corrected chi connectivity index (χ3v) is 3.27. The smallest absolute Gasteiger partial charge is 0.184 e. The number of nitrogens with one attached hydrogen (secondary N) is 1. The Morgan fingerprint density at radius 3 is 2.43 bits per heavy atom. The molecule has 5 heteroatoms. The molecule has 0 amide bonds. The van der Waals surface area contributed by atoms with Gasteiger partial charge in [0.2, 0.25) is 0 Å². The molecular weight excluding hydrogens is 196 g/mol. The fraction of sp³-hybridized carbons (Fsp3) is 0.333. The van der Waals surface area contributed by atoms with Gasteiger partial charge in [0.25, 0.3) is 0 Å². The average molecular weight is 208 g/mol. The van der Waals surface area contributed by atoms with E-state index in [-0.39, 0.29) is 0 Å². The first-order valence-electron chi connectivity index (χ1n) is 4.34. The molecule has 0 radical (unpaired) electrons. The van der Waals surface area contributed by atoms with Crippen molar-refractivity contribution in [1.82, 2.24) is 15.2 Å². The van der Waals surface area contributed by atoms with E-state index in [1.165, 1.54) is 10.4 Å². The lowest BCUT2D eigenvalue weighted by molar-refractivity contribution is 1.04. The van der Waals surface area contributed by atoms with Crippen molar-refractivity contribution in [2.45, 2.75) is 20.8 Å². The first kappa shape index (κ1) is 9.21. The van der Waals surface area contributed by atoms with Gasteiger partial charge >= 0.3 is 0 Å². The minimum atomic E-state index is 0.696. The number of hydrogen-bond acceptors (Lipinski definition) is 4. The zero-order chi connectivity index (χ0) is 10.3. The van der Waals surface area contributed by atoms with Crippen LogP contribution in [-0.4, -0.2) is 15.2 Å². The molecule has 4 nitrogen and oxygen atoms in total. The summed E-state index contributed by atoms with van der Waals surface area (Å²) in [5.41, 5.74) is 8.05. The van der Waals surface area contributed by atoms with Crippen molar-refractivity contribution in [3.05, 3.63) is 16.3 Å². The third kappa shape index (κ3) is 1.29. The summed E-state index contributed by atoms with van der Waals surface area (Å²) in [5, 5.41) is 7.72. The molecule has 3 N–H and O–H groups in total. The van der Waals surface area contributed by atoms with Crippen molar-refractivity contribution in [2.24, 2.45) is 0 Å². The predicted molar refractivity (Wildman–Crippen MR) is 58.3 cm³/mol. The summed E-state index contributed by atoms with van der Waals surface area (Å²) in [6.45, 7) is 5.98. The summed E-state index contributed by atoms with van der Waals surface area (Å²) in [6.07, 6.45) is 0. The van der Waals surface area contributed by atoms with E-state index in [1.807, 2.05) is 13.8 Å². The van der Waals surface area contributed by atoms with E-state index in [0.29, 0.717) is 5.82 Å². The molecule has 2 heterocycles. The van der Waals surface area contributed by atoms with Crippen LogP contribution in [0, 0.1) is 20.8 Å². The molecule has 2 aromatic rings. The molecule has 0 aliphatic heterocycles. The van der Waals surface area contributed by atoms with E-state index in [9.17, 15) is 0 Å². The van der Waals surface area contributed by atoms with Crippen LogP contribution in [0.1, 0.15) is 16.3 Å². The first-order valence-corrected chi connectivity index (χ1v) is 5.16. The third-order valence-electron chi connectivity index (χ3n) is 2.23. The zero-order valence-electron chi connectivity index (χ0n) is 8.38. The maximum atomic E-state index is 5.91. The van der Waals surface area contributed by atoms with Crippen LogP contribution in [0.3, 0.4) is 0 Å². The highest BCUT2D eigenvalue weighted by molar-refractivity contribution is 7.16. The fourth-order valence-corrected chi connectivity index (χ4v) is 2.32. The van der Waals surface area contributed by atoms with E-state index in [4.69, 9.17) is 5.73 Å². The summed E-state index contributed by atoms with van der Waals surface area (Å²) in [6, 6.07) is 0. The SMILES string of the molecule is Cc1nc(-c2c(N)sc(C)c2C)n[nH]1. The van der Waals surface area contributed by atoms with Gasteiger partial charge in [0.1, 0.15) is 5.82 Å². The molecule has 0 unspecified atom stereocenters. The fourth-order valence-electron chi connectivity index (χ4n) is 1.39. The minimum Gasteiger partial charge on any atom is -0.390 e. The number of H-pyrrole nitrogens is 1. The van der Waals surface area contributed by atoms with Gasteiger partial charge in [-0.25, -0.2) is 4.98 Å². The van der Waals surface area contributed by atoms with Gasteiger partial charge in [-0.15, -0.1) is 11.3 Å². The van der Waals surface area contributed by atoms with Gasteiger partial charge in [-0.2, -0.15) is 5.10 Å². The van der Waals surface area contributed by atoms with E-state index in [1.54, 1.807) is 11.3 Å². The molecule has 0 spiro atoms. The van der Waals surface area contributed by atoms with Crippen LogP contribution < -0.4 is 5.73 Å². The van der Waals surface area contributed by atoms with Gasteiger partial charge in [-0.05, 0) is 26.3 Å². The summed E-state index contributed by atoms with van der Waals surface area (Å²) in [5.74, 6) is 1.50. The highest BCUT2D eigenvalue weighted by Gasteiger charge is 2.15. The maximum Gasteiger partial charge on any atom is 0.184 e. The zero-order valence-corrected chi connectivity index (χ0v) is 9.20. The molecule has 0 saturated heterocycles. The Morgan fingerprint density at radius 2 is 2.00 bits per heavy atom. The number of aryl methyl sites for hydroxylation is 2. The Balaban J connectivity index is 2.61. The second-order valence-corrected chi connectivity index (χ2v) is 4.52. The second kappa shape index (κ2) is 3.09. The summed E-state index contributed by atoms with van der Waals surface area (Å²) in [4.78, 5) is 5.50. The Bertz CT molecular complexity index is 469. The van der Waals surface area contributed by atoms with Crippen molar-refractivity contribution < 1.29 is 0 Å². The second-order valence-electron chi connectivity index (χ2n) is 3.27. The van der Waals surface area contributed by atoms with Crippen LogP contribution >= 0.6 is 11.3 Å². The summed E-state index contributed by atoms with van der Waals surface area (Å²) in [7, 11) is 0. The lowest BCUT2D eigenvalue weighted by Crippen LogP contribution is -1.88. The number of nitrogens with zero attached hydrogens (tertiary/aromatic N) is 2. The molecule has 0 aliphatic carbocycles. The van der Waals surface area contributed by atoms with Crippen LogP contribution in [0.25, 0.3) is 11.4 Å². The Morgan fingerprint density at radius 1 is 1.29 bits per heavy atom. The molecular formula is C9H12N4S. The number of aromatic nitrogens is 3. The highest BCUT2D eigenvalue weighted by Crippen LogP contribution is 2.35. The number of hydrogen-bond donors (Lipinski definition) is 2. The van der Waals surface area contributed by atoms with Crippen molar-refractivity contribution in [3.63, 3.8) is 0 Å². The molecule has 0 aromatic carbocycles.